The minimum atomic E-state index is 0.889. The molecule has 0 amide bonds. The van der Waals surface area contributed by atoms with E-state index in [1.165, 1.54) is 31.3 Å². The number of nitrogens with zero attached hydrogens (tertiary/aromatic N) is 1. The van der Waals surface area contributed by atoms with Gasteiger partial charge in [-0.25, -0.2) is 0 Å². The molecule has 0 saturated carbocycles. The van der Waals surface area contributed by atoms with E-state index in [9.17, 15) is 0 Å². The molecule has 0 fully saturated rings. The fourth-order valence-corrected chi connectivity index (χ4v) is 8.39. The summed E-state index contributed by atoms with van der Waals surface area (Å²) in [4.78, 5) is 2.37. The number of rotatable bonds is 7. The molecule has 3 nitrogen and oxygen atoms in total. The maximum atomic E-state index is 6.20. The first-order valence-electron chi connectivity index (χ1n) is 17.5. The van der Waals surface area contributed by atoms with Crippen LogP contribution in [-0.4, -0.2) is 0 Å². The normalized spacial score (nSPS) is 11.5. The van der Waals surface area contributed by atoms with E-state index < -0.39 is 0 Å². The van der Waals surface area contributed by atoms with Gasteiger partial charge in [0.2, 0.25) is 0 Å². The van der Waals surface area contributed by atoms with Crippen molar-refractivity contribution < 1.29 is 4.42 Å². The summed E-state index contributed by atoms with van der Waals surface area (Å²) >= 11 is 1.84. The largest absolute Gasteiger partial charge is 0.456 e. The highest BCUT2D eigenvalue weighted by atomic mass is 32.1. The fraction of sp³-hybridized carbons (Fsp3) is 0. The molecule has 0 aliphatic carbocycles. The highest BCUT2D eigenvalue weighted by Gasteiger charge is 2.18. The number of thiophene rings is 1. The Labute approximate surface area is 305 Å². The van der Waals surface area contributed by atoms with Gasteiger partial charge in [0.05, 0.1) is 0 Å². The summed E-state index contributed by atoms with van der Waals surface area (Å²) in [5, 5.41) is 8.54. The molecular formula is C48H32N2OS. The molecular weight excluding hydrogens is 653 g/mol. The molecule has 0 spiro atoms. The van der Waals surface area contributed by atoms with Crippen LogP contribution >= 0.6 is 11.3 Å². The molecule has 0 saturated heterocycles. The van der Waals surface area contributed by atoms with Gasteiger partial charge < -0.3 is 14.6 Å². The monoisotopic (exact) mass is 684 g/mol. The van der Waals surface area contributed by atoms with Crippen molar-refractivity contribution in [2.75, 3.05) is 10.2 Å². The van der Waals surface area contributed by atoms with Crippen LogP contribution in [0, 0.1) is 0 Å². The number of hydrogen-bond acceptors (Lipinski definition) is 4. The van der Waals surface area contributed by atoms with Crippen LogP contribution in [0.3, 0.4) is 0 Å². The van der Waals surface area contributed by atoms with E-state index in [2.05, 4.69) is 186 Å². The molecule has 246 valence electrons. The van der Waals surface area contributed by atoms with Crippen LogP contribution in [0.15, 0.2) is 192 Å². The summed E-state index contributed by atoms with van der Waals surface area (Å²) in [6.45, 7) is 0. The number of fused-ring (bicyclic) bond motifs is 6. The summed E-state index contributed by atoms with van der Waals surface area (Å²) in [6.07, 6.45) is 0. The van der Waals surface area contributed by atoms with E-state index >= 15 is 0 Å². The van der Waals surface area contributed by atoms with Gasteiger partial charge in [-0.05, 0) is 107 Å². The lowest BCUT2D eigenvalue weighted by Crippen LogP contribution is -2.10. The lowest BCUT2D eigenvalue weighted by atomic mass is 10.0. The van der Waals surface area contributed by atoms with Crippen LogP contribution < -0.4 is 10.2 Å². The molecule has 4 heteroatoms. The highest BCUT2D eigenvalue weighted by Crippen LogP contribution is 2.43. The first-order chi connectivity index (χ1) is 25.7. The van der Waals surface area contributed by atoms with Crippen molar-refractivity contribution in [2.45, 2.75) is 0 Å². The molecule has 0 radical (unpaired) electrons. The fourth-order valence-electron chi connectivity index (χ4n) is 7.31. The molecule has 2 heterocycles. The van der Waals surface area contributed by atoms with E-state index in [-0.39, 0.29) is 0 Å². The van der Waals surface area contributed by atoms with Gasteiger partial charge in [-0.15, -0.1) is 11.3 Å². The minimum Gasteiger partial charge on any atom is -0.456 e. The Kier molecular flexibility index (Phi) is 7.33. The molecule has 0 bridgehead atoms. The van der Waals surface area contributed by atoms with Crippen LogP contribution in [-0.2, 0) is 0 Å². The number of anilines is 5. The summed E-state index contributed by atoms with van der Waals surface area (Å²) in [5.74, 6) is 0. The van der Waals surface area contributed by atoms with Crippen molar-refractivity contribution in [1.82, 2.24) is 0 Å². The lowest BCUT2D eigenvalue weighted by molar-refractivity contribution is 0.669. The smallest absolute Gasteiger partial charge is 0.135 e. The van der Waals surface area contributed by atoms with Gasteiger partial charge in [0, 0.05) is 59.4 Å². The average Bonchev–Trinajstić information content (AvgIpc) is 3.77. The minimum absolute atomic E-state index is 0.889. The van der Waals surface area contributed by atoms with Crippen LogP contribution in [0.5, 0.6) is 0 Å². The second-order valence-electron chi connectivity index (χ2n) is 13.1. The van der Waals surface area contributed by atoms with Crippen molar-refractivity contribution >= 4 is 81.9 Å². The van der Waals surface area contributed by atoms with Crippen molar-refractivity contribution in [2.24, 2.45) is 0 Å². The van der Waals surface area contributed by atoms with E-state index in [0.29, 0.717) is 0 Å². The zero-order valence-corrected chi connectivity index (χ0v) is 29.0. The predicted molar refractivity (Wildman–Crippen MR) is 222 cm³/mol. The Bertz CT molecular complexity index is 2870. The Balaban J connectivity index is 1.14. The molecule has 10 aromatic rings. The van der Waals surface area contributed by atoms with Gasteiger partial charge >= 0.3 is 0 Å². The van der Waals surface area contributed by atoms with Crippen molar-refractivity contribution in [3.05, 3.63) is 188 Å². The van der Waals surface area contributed by atoms with Crippen molar-refractivity contribution in [3.63, 3.8) is 0 Å². The molecule has 1 N–H and O–H groups in total. The van der Waals surface area contributed by atoms with Crippen molar-refractivity contribution in [1.29, 1.82) is 0 Å². The SMILES string of the molecule is c1ccc(-c2ccc(Nc3cc(-c4ccc5oc6ccccc6c5c4)cc(N(c4ccccc4)c4ccc5sc6ccccc6c5c4)c3)cc2)cc1. The Morgan fingerprint density at radius 3 is 1.88 bits per heavy atom. The molecule has 0 atom stereocenters. The zero-order chi connectivity index (χ0) is 34.4. The summed E-state index contributed by atoms with van der Waals surface area (Å²) in [7, 11) is 0. The first-order valence-corrected chi connectivity index (χ1v) is 18.3. The zero-order valence-electron chi connectivity index (χ0n) is 28.2. The van der Waals surface area contributed by atoms with Crippen molar-refractivity contribution in [3.8, 4) is 22.3 Å². The Hall–Kier alpha value is -6.62. The highest BCUT2D eigenvalue weighted by molar-refractivity contribution is 7.25. The molecule has 2 aromatic heterocycles. The summed E-state index contributed by atoms with van der Waals surface area (Å²) in [5.41, 5.74) is 11.7. The Morgan fingerprint density at radius 2 is 1.04 bits per heavy atom. The number of benzene rings is 8. The Morgan fingerprint density at radius 1 is 0.365 bits per heavy atom. The summed E-state index contributed by atoms with van der Waals surface area (Å²) < 4.78 is 8.79. The number of para-hydroxylation sites is 2. The van der Waals surface area contributed by atoms with Crippen LogP contribution in [0.2, 0.25) is 0 Å². The molecule has 0 aliphatic heterocycles. The van der Waals surface area contributed by atoms with Gasteiger partial charge in [0.25, 0.3) is 0 Å². The number of hydrogen-bond donors (Lipinski definition) is 1. The van der Waals surface area contributed by atoms with Gasteiger partial charge in [0.1, 0.15) is 11.2 Å². The lowest BCUT2D eigenvalue weighted by Gasteiger charge is -2.27. The maximum Gasteiger partial charge on any atom is 0.135 e. The molecule has 0 unspecified atom stereocenters. The van der Waals surface area contributed by atoms with Gasteiger partial charge in [-0.1, -0.05) is 103 Å². The molecule has 52 heavy (non-hydrogen) atoms. The maximum absolute atomic E-state index is 6.20. The van der Waals surface area contributed by atoms with E-state index in [1.54, 1.807) is 0 Å². The van der Waals surface area contributed by atoms with Gasteiger partial charge in [-0.2, -0.15) is 0 Å². The van der Waals surface area contributed by atoms with E-state index in [1.807, 2.05) is 23.5 Å². The van der Waals surface area contributed by atoms with Gasteiger partial charge in [-0.3, -0.25) is 0 Å². The van der Waals surface area contributed by atoms with Crippen LogP contribution in [0.1, 0.15) is 0 Å². The molecule has 10 rings (SSSR count). The second kappa shape index (κ2) is 12.6. The predicted octanol–water partition coefficient (Wildman–Crippen LogP) is 14.5. The summed E-state index contributed by atoms with van der Waals surface area (Å²) in [6, 6.07) is 66.9. The molecule has 0 aliphatic rings. The van der Waals surface area contributed by atoms with Crippen LogP contribution in [0.25, 0.3) is 64.4 Å². The second-order valence-corrected chi connectivity index (χ2v) is 14.2. The average molecular weight is 685 g/mol. The van der Waals surface area contributed by atoms with E-state index in [4.69, 9.17) is 4.42 Å². The van der Waals surface area contributed by atoms with Crippen LogP contribution in [0.4, 0.5) is 28.4 Å². The quantitative estimate of drug-likeness (QED) is 0.181. The third-order valence-electron chi connectivity index (χ3n) is 9.80. The topological polar surface area (TPSA) is 28.4 Å². The third kappa shape index (κ3) is 5.47. The standard InChI is InChI=1S/C48H32N2OS/c1-3-11-32(12-4-1)33-19-22-36(23-20-33)49-37-27-35(34-21-25-46-43(29-34)41-15-7-9-17-45(41)51-46)28-40(30-37)50(38-13-5-2-6-14-38)39-24-26-48-44(31-39)42-16-8-10-18-47(42)52-48/h1-31,49H. The number of furan rings is 1. The third-order valence-corrected chi connectivity index (χ3v) is 11.0. The van der Waals surface area contributed by atoms with E-state index in [0.717, 1.165) is 61.5 Å². The first kappa shape index (κ1) is 30.2. The number of nitrogens with one attached hydrogen (secondary N) is 1. The molecule has 8 aromatic carbocycles. The van der Waals surface area contributed by atoms with Gasteiger partial charge in [0.15, 0.2) is 0 Å².